The SMILES string of the molecule is CCOC(=O)c1ccc(N=C2SC(C(=O)Nc3ccc(OC)cc3)CC(=O)N2Cc2ccccc2Cl)cc1. The molecule has 8 nitrogen and oxygen atoms in total. The van der Waals surface area contributed by atoms with E-state index in [4.69, 9.17) is 21.1 Å². The van der Waals surface area contributed by atoms with Crippen molar-refractivity contribution in [2.75, 3.05) is 19.0 Å². The first-order valence-electron chi connectivity index (χ1n) is 11.9. The largest absolute Gasteiger partial charge is 0.497 e. The third-order valence-corrected chi connectivity index (χ3v) is 7.24. The van der Waals surface area contributed by atoms with Gasteiger partial charge in [-0.05, 0) is 67.1 Å². The first kappa shape index (κ1) is 27.2. The molecule has 1 unspecified atom stereocenters. The normalized spacial score (nSPS) is 16.3. The van der Waals surface area contributed by atoms with Gasteiger partial charge in [0.05, 0.1) is 31.5 Å². The highest BCUT2D eigenvalue weighted by Crippen LogP contribution is 2.32. The zero-order chi connectivity index (χ0) is 27.1. The zero-order valence-electron chi connectivity index (χ0n) is 20.8. The Bertz CT molecular complexity index is 1350. The second-order valence-electron chi connectivity index (χ2n) is 8.26. The Morgan fingerprint density at radius 2 is 1.79 bits per heavy atom. The summed E-state index contributed by atoms with van der Waals surface area (Å²) in [5, 5.41) is 3.06. The fourth-order valence-corrected chi connectivity index (χ4v) is 4.98. The summed E-state index contributed by atoms with van der Waals surface area (Å²) in [7, 11) is 1.57. The van der Waals surface area contributed by atoms with Gasteiger partial charge in [0.1, 0.15) is 11.0 Å². The van der Waals surface area contributed by atoms with Crippen LogP contribution in [0.4, 0.5) is 11.4 Å². The van der Waals surface area contributed by atoms with E-state index in [1.165, 1.54) is 16.7 Å². The number of nitrogens with one attached hydrogen (secondary N) is 1. The number of nitrogens with zero attached hydrogens (tertiary/aromatic N) is 2. The highest BCUT2D eigenvalue weighted by molar-refractivity contribution is 8.15. The molecule has 196 valence electrons. The highest BCUT2D eigenvalue weighted by Gasteiger charge is 2.36. The Balaban J connectivity index is 1.59. The van der Waals surface area contributed by atoms with E-state index < -0.39 is 11.2 Å². The first-order valence-corrected chi connectivity index (χ1v) is 13.1. The summed E-state index contributed by atoms with van der Waals surface area (Å²) in [5.41, 5.74) is 2.27. The molecular weight excluding hydrogens is 526 g/mol. The van der Waals surface area contributed by atoms with Crippen LogP contribution in [0.1, 0.15) is 29.3 Å². The summed E-state index contributed by atoms with van der Waals surface area (Å²) in [6, 6.07) is 20.8. The van der Waals surface area contributed by atoms with Crippen LogP contribution in [0.5, 0.6) is 5.75 Å². The lowest BCUT2D eigenvalue weighted by Gasteiger charge is -2.32. The van der Waals surface area contributed by atoms with Crippen molar-refractivity contribution in [3.63, 3.8) is 0 Å². The number of rotatable bonds is 8. The van der Waals surface area contributed by atoms with E-state index in [1.54, 1.807) is 68.6 Å². The minimum atomic E-state index is -0.690. The maximum atomic E-state index is 13.3. The van der Waals surface area contributed by atoms with Crippen LogP contribution in [0.25, 0.3) is 0 Å². The van der Waals surface area contributed by atoms with Crippen molar-refractivity contribution in [3.05, 3.63) is 88.9 Å². The van der Waals surface area contributed by atoms with Gasteiger partial charge in [0.25, 0.3) is 0 Å². The minimum Gasteiger partial charge on any atom is -0.497 e. The van der Waals surface area contributed by atoms with Crippen LogP contribution < -0.4 is 10.1 Å². The maximum absolute atomic E-state index is 13.3. The molecule has 1 aliphatic heterocycles. The third kappa shape index (κ3) is 6.73. The smallest absolute Gasteiger partial charge is 0.338 e. The van der Waals surface area contributed by atoms with Crippen LogP contribution >= 0.6 is 23.4 Å². The summed E-state index contributed by atoms with van der Waals surface area (Å²) in [5.74, 6) is -0.315. The number of thioether (sulfide) groups is 1. The van der Waals surface area contributed by atoms with Gasteiger partial charge in [-0.1, -0.05) is 41.6 Å². The molecule has 1 fully saturated rings. The number of carbonyl (C=O) groups is 3. The van der Waals surface area contributed by atoms with Gasteiger partial charge in [-0.15, -0.1) is 0 Å². The fourth-order valence-electron chi connectivity index (χ4n) is 3.69. The van der Waals surface area contributed by atoms with Crippen molar-refractivity contribution in [3.8, 4) is 5.75 Å². The number of hydrogen-bond acceptors (Lipinski definition) is 7. The summed E-state index contributed by atoms with van der Waals surface area (Å²) in [4.78, 5) is 44.6. The van der Waals surface area contributed by atoms with Gasteiger partial charge in [-0.3, -0.25) is 14.5 Å². The number of ether oxygens (including phenoxy) is 2. The Hall–Kier alpha value is -3.82. The average molecular weight is 552 g/mol. The van der Waals surface area contributed by atoms with E-state index >= 15 is 0 Å². The van der Waals surface area contributed by atoms with Crippen LogP contribution in [-0.2, 0) is 20.9 Å². The molecule has 0 aromatic heterocycles. The van der Waals surface area contributed by atoms with Gasteiger partial charge < -0.3 is 14.8 Å². The lowest BCUT2D eigenvalue weighted by atomic mass is 10.2. The standard InChI is InChI=1S/C28H26ClN3O5S/c1-3-37-27(35)18-8-10-21(11-9-18)31-28-32(17-19-6-4-5-7-23(19)29)25(33)16-24(38-28)26(34)30-20-12-14-22(36-2)15-13-20/h4-15,24H,3,16-17H2,1-2H3,(H,30,34). The molecule has 0 radical (unpaired) electrons. The van der Waals surface area contributed by atoms with E-state index in [-0.39, 0.29) is 31.4 Å². The van der Waals surface area contributed by atoms with Crippen LogP contribution in [0.2, 0.25) is 5.02 Å². The molecule has 0 bridgehead atoms. The van der Waals surface area contributed by atoms with Gasteiger partial charge >= 0.3 is 5.97 Å². The molecule has 0 spiro atoms. The van der Waals surface area contributed by atoms with E-state index in [0.29, 0.717) is 32.9 Å². The Labute approximate surface area is 230 Å². The number of amides is 2. The molecule has 1 aliphatic rings. The lowest BCUT2D eigenvalue weighted by Crippen LogP contribution is -2.44. The van der Waals surface area contributed by atoms with Gasteiger partial charge in [0.15, 0.2) is 5.17 Å². The fraction of sp³-hybridized carbons (Fsp3) is 0.214. The molecular formula is C28H26ClN3O5S. The van der Waals surface area contributed by atoms with Crippen LogP contribution in [0, 0.1) is 0 Å². The second kappa shape index (κ2) is 12.6. The Kier molecular flexibility index (Phi) is 9.04. The number of amidine groups is 1. The van der Waals surface area contributed by atoms with Crippen molar-refractivity contribution < 1.29 is 23.9 Å². The number of benzene rings is 3. The highest BCUT2D eigenvalue weighted by atomic mass is 35.5. The molecule has 1 heterocycles. The van der Waals surface area contributed by atoms with Crippen LogP contribution in [0.15, 0.2) is 77.8 Å². The summed E-state index contributed by atoms with van der Waals surface area (Å²) < 4.78 is 10.2. The van der Waals surface area contributed by atoms with E-state index in [1.807, 2.05) is 18.2 Å². The van der Waals surface area contributed by atoms with Crippen molar-refractivity contribution in [2.24, 2.45) is 4.99 Å². The lowest BCUT2D eigenvalue weighted by molar-refractivity contribution is -0.129. The summed E-state index contributed by atoms with van der Waals surface area (Å²) in [6.45, 7) is 2.22. The molecule has 2 amide bonds. The molecule has 1 atom stereocenters. The number of halogens is 1. The molecule has 38 heavy (non-hydrogen) atoms. The first-order chi connectivity index (χ1) is 18.4. The van der Waals surface area contributed by atoms with E-state index in [0.717, 1.165) is 5.56 Å². The van der Waals surface area contributed by atoms with Crippen molar-refractivity contribution >= 4 is 57.7 Å². The van der Waals surface area contributed by atoms with E-state index in [2.05, 4.69) is 10.3 Å². The number of aliphatic imine (C=N–C) groups is 1. The molecule has 3 aromatic rings. The topological polar surface area (TPSA) is 97.3 Å². The summed E-state index contributed by atoms with van der Waals surface area (Å²) in [6.07, 6.45) is -0.00206. The third-order valence-electron chi connectivity index (χ3n) is 5.68. The number of anilines is 1. The Morgan fingerprint density at radius 1 is 1.08 bits per heavy atom. The van der Waals surface area contributed by atoms with Crippen molar-refractivity contribution in [1.82, 2.24) is 4.90 Å². The molecule has 10 heteroatoms. The maximum Gasteiger partial charge on any atom is 0.338 e. The summed E-state index contributed by atoms with van der Waals surface area (Å²) >= 11 is 7.56. The zero-order valence-corrected chi connectivity index (χ0v) is 22.4. The number of methoxy groups -OCH3 is 1. The molecule has 1 saturated heterocycles. The molecule has 0 saturated carbocycles. The van der Waals surface area contributed by atoms with Gasteiger partial charge in [-0.2, -0.15) is 0 Å². The van der Waals surface area contributed by atoms with Gasteiger partial charge in [0, 0.05) is 17.1 Å². The molecule has 0 aliphatic carbocycles. The van der Waals surface area contributed by atoms with Crippen LogP contribution in [0.3, 0.4) is 0 Å². The molecule has 4 rings (SSSR count). The number of carbonyl (C=O) groups excluding carboxylic acids is 3. The minimum absolute atomic E-state index is 0.00206. The van der Waals surface area contributed by atoms with Crippen molar-refractivity contribution in [1.29, 1.82) is 0 Å². The quantitative estimate of drug-likeness (QED) is 0.361. The number of esters is 1. The molecule has 1 N–H and O–H groups in total. The molecule has 3 aromatic carbocycles. The average Bonchev–Trinajstić information content (AvgIpc) is 2.92. The second-order valence-corrected chi connectivity index (χ2v) is 9.84. The Morgan fingerprint density at radius 3 is 2.45 bits per heavy atom. The van der Waals surface area contributed by atoms with Crippen molar-refractivity contribution in [2.45, 2.75) is 25.1 Å². The predicted octanol–water partition coefficient (Wildman–Crippen LogP) is 5.69. The van der Waals surface area contributed by atoms with E-state index in [9.17, 15) is 14.4 Å². The van der Waals surface area contributed by atoms with Gasteiger partial charge in [-0.25, -0.2) is 9.79 Å². The monoisotopic (exact) mass is 551 g/mol. The predicted molar refractivity (Wildman–Crippen MR) is 149 cm³/mol. The van der Waals surface area contributed by atoms with Gasteiger partial charge in [0.2, 0.25) is 11.8 Å². The van der Waals surface area contributed by atoms with Crippen LogP contribution in [-0.4, -0.2) is 46.8 Å². The number of hydrogen-bond donors (Lipinski definition) is 1.